The Kier molecular flexibility index (Phi) is 7.96. The molecule has 1 heterocycles. The molecule has 0 spiro atoms. The zero-order valence-electron chi connectivity index (χ0n) is 17.0. The largest absolute Gasteiger partial charge is 0.369 e. The van der Waals surface area contributed by atoms with Crippen LogP contribution in [0.2, 0.25) is 0 Å². The lowest BCUT2D eigenvalue weighted by Gasteiger charge is -2.17. The van der Waals surface area contributed by atoms with Crippen LogP contribution < -0.4 is 5.73 Å². The standard InChI is InChI=1S/C22H32N2O2S/c1-5-19-16(4)14-24(22(19)26)12-6-7-17-8-10-18(11-9-17)13-20(21(23)25)27-15(2)3/h8-11,15,20H,5-7,12-14H2,1-4H3,(H2,23,25). The zero-order valence-corrected chi connectivity index (χ0v) is 17.8. The number of nitrogens with zero attached hydrogens (tertiary/aromatic N) is 1. The molecule has 5 heteroatoms. The second-order valence-corrected chi connectivity index (χ2v) is 9.32. The number of aryl methyl sites for hydroxylation is 1. The summed E-state index contributed by atoms with van der Waals surface area (Å²) in [5.74, 6) is -0.0334. The summed E-state index contributed by atoms with van der Waals surface area (Å²) < 4.78 is 0. The highest BCUT2D eigenvalue weighted by Gasteiger charge is 2.25. The molecule has 4 nitrogen and oxygen atoms in total. The van der Waals surface area contributed by atoms with Crippen molar-refractivity contribution in [3.63, 3.8) is 0 Å². The van der Waals surface area contributed by atoms with Crippen molar-refractivity contribution in [1.82, 2.24) is 4.90 Å². The molecule has 148 valence electrons. The first-order valence-electron chi connectivity index (χ1n) is 9.82. The third kappa shape index (κ3) is 6.13. The molecule has 2 N–H and O–H groups in total. The van der Waals surface area contributed by atoms with Gasteiger partial charge in [-0.1, -0.05) is 45.0 Å². The first kappa shape index (κ1) is 21.5. The van der Waals surface area contributed by atoms with Crippen molar-refractivity contribution in [2.75, 3.05) is 13.1 Å². The van der Waals surface area contributed by atoms with Crippen LogP contribution >= 0.6 is 11.8 Å². The van der Waals surface area contributed by atoms with Crippen LogP contribution in [0.5, 0.6) is 0 Å². The van der Waals surface area contributed by atoms with Crippen molar-refractivity contribution in [1.29, 1.82) is 0 Å². The summed E-state index contributed by atoms with van der Waals surface area (Å²) in [4.78, 5) is 25.9. The molecule has 0 radical (unpaired) electrons. The van der Waals surface area contributed by atoms with Crippen LogP contribution in [0.4, 0.5) is 0 Å². The third-order valence-electron chi connectivity index (χ3n) is 4.93. The number of carbonyl (C=O) groups excluding carboxylic acids is 2. The summed E-state index contributed by atoms with van der Waals surface area (Å²) in [5, 5.41) is 0.196. The highest BCUT2D eigenvalue weighted by atomic mass is 32.2. The summed E-state index contributed by atoms with van der Waals surface area (Å²) in [6.07, 6.45) is 3.41. The highest BCUT2D eigenvalue weighted by Crippen LogP contribution is 2.23. The quantitative estimate of drug-likeness (QED) is 0.664. The van der Waals surface area contributed by atoms with Gasteiger partial charge in [-0.25, -0.2) is 0 Å². The predicted octanol–water partition coefficient (Wildman–Crippen LogP) is 3.73. The van der Waals surface area contributed by atoms with Crippen LogP contribution in [-0.4, -0.2) is 40.3 Å². The molecule has 1 atom stereocenters. The van der Waals surface area contributed by atoms with E-state index in [0.29, 0.717) is 11.7 Å². The van der Waals surface area contributed by atoms with Gasteiger partial charge in [0.25, 0.3) is 0 Å². The van der Waals surface area contributed by atoms with Crippen molar-refractivity contribution < 1.29 is 9.59 Å². The van der Waals surface area contributed by atoms with Gasteiger partial charge < -0.3 is 10.6 Å². The molecule has 0 saturated carbocycles. The van der Waals surface area contributed by atoms with E-state index in [1.807, 2.05) is 11.8 Å². The van der Waals surface area contributed by atoms with Gasteiger partial charge in [-0.2, -0.15) is 0 Å². The predicted molar refractivity (Wildman–Crippen MR) is 114 cm³/mol. The topological polar surface area (TPSA) is 63.4 Å². The van der Waals surface area contributed by atoms with Crippen LogP contribution in [0, 0.1) is 0 Å². The van der Waals surface area contributed by atoms with Crippen molar-refractivity contribution in [3.05, 3.63) is 46.5 Å². The summed E-state index contributed by atoms with van der Waals surface area (Å²) in [7, 11) is 0. The van der Waals surface area contributed by atoms with Crippen LogP contribution in [0.15, 0.2) is 35.4 Å². The Morgan fingerprint density at radius 2 is 1.85 bits per heavy atom. The fourth-order valence-corrected chi connectivity index (χ4v) is 4.61. The molecular weight excluding hydrogens is 356 g/mol. The van der Waals surface area contributed by atoms with Gasteiger partial charge in [0, 0.05) is 18.7 Å². The molecule has 0 fully saturated rings. The van der Waals surface area contributed by atoms with Crippen LogP contribution in [0.1, 0.15) is 51.7 Å². The lowest BCUT2D eigenvalue weighted by atomic mass is 10.0. The molecule has 0 bridgehead atoms. The minimum Gasteiger partial charge on any atom is -0.369 e. The first-order valence-corrected chi connectivity index (χ1v) is 10.8. The minimum atomic E-state index is -0.247. The molecule has 0 aromatic heterocycles. The monoisotopic (exact) mass is 388 g/mol. The van der Waals surface area contributed by atoms with Gasteiger partial charge in [-0.15, -0.1) is 11.8 Å². The van der Waals surface area contributed by atoms with E-state index in [2.05, 4.69) is 45.0 Å². The van der Waals surface area contributed by atoms with Gasteiger partial charge in [0.2, 0.25) is 11.8 Å². The lowest BCUT2D eigenvalue weighted by Crippen LogP contribution is -2.29. The molecule has 27 heavy (non-hydrogen) atoms. The van der Waals surface area contributed by atoms with Crippen molar-refractivity contribution >= 4 is 23.6 Å². The molecular formula is C22H32N2O2S. The second-order valence-electron chi connectivity index (χ2n) is 7.54. The number of thioether (sulfide) groups is 1. The van der Waals surface area contributed by atoms with Crippen molar-refractivity contribution in [2.24, 2.45) is 5.73 Å². The van der Waals surface area contributed by atoms with Crippen LogP contribution in [0.25, 0.3) is 0 Å². The summed E-state index contributed by atoms with van der Waals surface area (Å²) in [6.45, 7) is 9.85. The number of primary amides is 1. The summed E-state index contributed by atoms with van der Waals surface area (Å²) in [5.41, 5.74) is 10.1. The zero-order chi connectivity index (χ0) is 20.0. The van der Waals surface area contributed by atoms with E-state index in [9.17, 15) is 9.59 Å². The summed E-state index contributed by atoms with van der Waals surface area (Å²) in [6, 6.07) is 8.43. The minimum absolute atomic E-state index is 0.180. The maximum absolute atomic E-state index is 12.3. The highest BCUT2D eigenvalue weighted by molar-refractivity contribution is 8.01. The molecule has 1 aliphatic rings. The van der Waals surface area contributed by atoms with E-state index in [-0.39, 0.29) is 17.1 Å². The Morgan fingerprint density at radius 1 is 1.22 bits per heavy atom. The fourth-order valence-electron chi connectivity index (χ4n) is 3.53. The Bertz CT molecular complexity index is 695. The second kappa shape index (κ2) is 9.98. The molecule has 2 rings (SSSR count). The Morgan fingerprint density at radius 3 is 2.37 bits per heavy atom. The maximum Gasteiger partial charge on any atom is 0.250 e. The third-order valence-corrected chi connectivity index (χ3v) is 6.21. The normalized spacial score (nSPS) is 15.7. The van der Waals surface area contributed by atoms with Gasteiger partial charge in [-0.3, -0.25) is 9.59 Å². The molecule has 1 aliphatic heterocycles. The van der Waals surface area contributed by atoms with Gasteiger partial charge in [0.1, 0.15) is 0 Å². The lowest BCUT2D eigenvalue weighted by molar-refractivity contribution is -0.125. The number of carbonyl (C=O) groups is 2. The van der Waals surface area contributed by atoms with E-state index >= 15 is 0 Å². The summed E-state index contributed by atoms with van der Waals surface area (Å²) >= 11 is 1.62. The van der Waals surface area contributed by atoms with Gasteiger partial charge in [-0.05, 0) is 54.6 Å². The average Bonchev–Trinajstić information content (AvgIpc) is 2.88. The maximum atomic E-state index is 12.3. The molecule has 0 saturated heterocycles. The Hall–Kier alpha value is -1.75. The van der Waals surface area contributed by atoms with E-state index in [1.165, 1.54) is 11.1 Å². The van der Waals surface area contributed by atoms with Crippen molar-refractivity contribution in [2.45, 2.75) is 63.9 Å². The van der Waals surface area contributed by atoms with Gasteiger partial charge >= 0.3 is 0 Å². The molecule has 0 aliphatic carbocycles. The number of benzene rings is 1. The van der Waals surface area contributed by atoms with Crippen molar-refractivity contribution in [3.8, 4) is 0 Å². The van der Waals surface area contributed by atoms with Crippen LogP contribution in [0.3, 0.4) is 0 Å². The van der Waals surface area contributed by atoms with Gasteiger partial charge in [0.15, 0.2) is 0 Å². The van der Waals surface area contributed by atoms with Gasteiger partial charge in [0.05, 0.1) is 5.25 Å². The van der Waals surface area contributed by atoms with E-state index < -0.39 is 0 Å². The SMILES string of the molecule is CCC1=C(C)CN(CCCc2ccc(CC(SC(C)C)C(N)=O)cc2)C1=O. The molecule has 1 aromatic carbocycles. The van der Waals surface area contributed by atoms with E-state index in [0.717, 1.165) is 43.5 Å². The number of nitrogens with two attached hydrogens (primary N) is 1. The number of hydrogen-bond acceptors (Lipinski definition) is 3. The Labute approximate surface area is 167 Å². The van der Waals surface area contributed by atoms with Crippen LogP contribution in [-0.2, 0) is 22.4 Å². The number of amides is 2. The first-order chi connectivity index (χ1) is 12.8. The van der Waals surface area contributed by atoms with E-state index in [1.54, 1.807) is 11.8 Å². The number of rotatable bonds is 10. The molecule has 1 unspecified atom stereocenters. The smallest absolute Gasteiger partial charge is 0.250 e. The fraction of sp³-hybridized carbons (Fsp3) is 0.545. The molecule has 1 aromatic rings. The Balaban J connectivity index is 1.82. The average molecular weight is 389 g/mol. The number of hydrogen-bond donors (Lipinski definition) is 1. The van der Waals surface area contributed by atoms with E-state index in [4.69, 9.17) is 5.73 Å². The molecule has 2 amide bonds.